The summed E-state index contributed by atoms with van der Waals surface area (Å²) in [7, 11) is 0. The zero-order valence-corrected chi connectivity index (χ0v) is 12.4. The summed E-state index contributed by atoms with van der Waals surface area (Å²) < 4.78 is 0. The highest BCUT2D eigenvalue weighted by Crippen LogP contribution is 2.27. The Bertz CT molecular complexity index is 607. The molecule has 0 bridgehead atoms. The van der Waals surface area contributed by atoms with Crippen LogP contribution in [-0.2, 0) is 4.79 Å². The maximum atomic E-state index is 12.1. The molecule has 0 saturated heterocycles. The van der Waals surface area contributed by atoms with Crippen LogP contribution in [0.4, 0.5) is 11.4 Å². The van der Waals surface area contributed by atoms with E-state index < -0.39 is 0 Å². The molecule has 1 aromatic heterocycles. The van der Waals surface area contributed by atoms with E-state index in [1.807, 2.05) is 19.1 Å². The fourth-order valence-corrected chi connectivity index (χ4v) is 2.63. The third-order valence-corrected chi connectivity index (χ3v) is 4.01. The lowest BCUT2D eigenvalue weighted by Gasteiger charge is -2.13. The van der Waals surface area contributed by atoms with E-state index in [0.29, 0.717) is 16.4 Å². The molecule has 1 amide bonds. The van der Waals surface area contributed by atoms with Gasteiger partial charge in [-0.2, -0.15) is 0 Å². The molecule has 3 N–H and O–H groups in total. The number of thioether (sulfide) groups is 1. The average Bonchev–Trinajstić information content (AvgIpc) is 2.43. The van der Waals surface area contributed by atoms with Gasteiger partial charge in [0.2, 0.25) is 5.91 Å². The number of hydrogen-bond acceptors (Lipinski definition) is 4. The molecule has 0 radical (unpaired) electrons. The number of nitrogens with two attached hydrogens (primary N) is 1. The van der Waals surface area contributed by atoms with Crippen LogP contribution >= 0.6 is 23.4 Å². The lowest BCUT2D eigenvalue weighted by Crippen LogP contribution is -2.22. The van der Waals surface area contributed by atoms with E-state index >= 15 is 0 Å². The summed E-state index contributed by atoms with van der Waals surface area (Å²) in [5.74, 6) is -0.113. The van der Waals surface area contributed by atoms with E-state index in [0.717, 1.165) is 4.90 Å². The van der Waals surface area contributed by atoms with Crippen LogP contribution in [0.1, 0.15) is 6.92 Å². The number of carbonyl (C=O) groups excluding carboxylic acids is 1. The van der Waals surface area contributed by atoms with Crippen LogP contribution in [0.5, 0.6) is 0 Å². The summed E-state index contributed by atoms with van der Waals surface area (Å²) in [5, 5.41) is 2.98. The van der Waals surface area contributed by atoms with Crippen molar-refractivity contribution in [3.05, 3.63) is 47.7 Å². The standard InChI is InChI=1S/C14H14ClN3OS/c1-9(20-11-4-6-17-7-5-11)14(19)18-13-3-2-10(16)8-12(13)15/h2-9H,16H2,1H3,(H,18,19). The number of aromatic nitrogens is 1. The topological polar surface area (TPSA) is 68.0 Å². The Morgan fingerprint density at radius 2 is 2.05 bits per heavy atom. The lowest BCUT2D eigenvalue weighted by atomic mass is 10.2. The molecule has 1 aromatic carbocycles. The van der Waals surface area contributed by atoms with Gasteiger partial charge in [-0.05, 0) is 37.3 Å². The van der Waals surface area contributed by atoms with E-state index in [2.05, 4.69) is 10.3 Å². The Labute approximate surface area is 126 Å². The maximum absolute atomic E-state index is 12.1. The van der Waals surface area contributed by atoms with Crippen molar-refractivity contribution in [2.45, 2.75) is 17.1 Å². The van der Waals surface area contributed by atoms with Gasteiger partial charge in [-0.25, -0.2) is 0 Å². The SMILES string of the molecule is CC(Sc1ccncc1)C(=O)Nc1ccc(N)cc1Cl. The molecule has 0 aliphatic heterocycles. The molecule has 6 heteroatoms. The fourth-order valence-electron chi connectivity index (χ4n) is 1.54. The van der Waals surface area contributed by atoms with Gasteiger partial charge in [0, 0.05) is 23.0 Å². The number of hydrogen-bond donors (Lipinski definition) is 2. The Morgan fingerprint density at radius 1 is 1.35 bits per heavy atom. The second-order valence-corrected chi connectivity index (χ2v) is 5.99. The Kier molecular flexibility index (Phi) is 4.87. The summed E-state index contributed by atoms with van der Waals surface area (Å²) in [6.45, 7) is 1.84. The van der Waals surface area contributed by atoms with Gasteiger partial charge in [0.25, 0.3) is 0 Å². The monoisotopic (exact) mass is 307 g/mol. The second-order valence-electron chi connectivity index (χ2n) is 4.17. The minimum atomic E-state index is -0.244. The van der Waals surface area contributed by atoms with Crippen LogP contribution in [0.25, 0.3) is 0 Å². The van der Waals surface area contributed by atoms with Gasteiger partial charge < -0.3 is 11.1 Å². The molecule has 2 rings (SSSR count). The van der Waals surface area contributed by atoms with Crippen molar-refractivity contribution >= 4 is 40.6 Å². The van der Waals surface area contributed by atoms with Crippen molar-refractivity contribution < 1.29 is 4.79 Å². The molecule has 0 aliphatic rings. The van der Waals surface area contributed by atoms with Crippen molar-refractivity contribution in [3.63, 3.8) is 0 Å². The molecule has 0 fully saturated rings. The van der Waals surface area contributed by atoms with Crippen LogP contribution in [0.2, 0.25) is 5.02 Å². The molecule has 0 saturated carbocycles. The third kappa shape index (κ3) is 3.88. The predicted octanol–water partition coefficient (Wildman–Crippen LogP) is 3.44. The third-order valence-electron chi connectivity index (χ3n) is 2.58. The number of benzene rings is 1. The Morgan fingerprint density at radius 3 is 2.70 bits per heavy atom. The lowest BCUT2D eigenvalue weighted by molar-refractivity contribution is -0.115. The van der Waals surface area contributed by atoms with Gasteiger partial charge in [-0.15, -0.1) is 11.8 Å². The van der Waals surface area contributed by atoms with E-state index in [1.165, 1.54) is 11.8 Å². The number of nitrogen functional groups attached to an aromatic ring is 1. The highest BCUT2D eigenvalue weighted by molar-refractivity contribution is 8.00. The summed E-state index contributed by atoms with van der Waals surface area (Å²) in [6, 6.07) is 8.73. The van der Waals surface area contributed by atoms with Crippen LogP contribution in [0, 0.1) is 0 Å². The zero-order chi connectivity index (χ0) is 14.5. The highest BCUT2D eigenvalue weighted by atomic mass is 35.5. The quantitative estimate of drug-likeness (QED) is 0.670. The van der Waals surface area contributed by atoms with Gasteiger partial charge in [-0.1, -0.05) is 11.6 Å². The largest absolute Gasteiger partial charge is 0.399 e. The van der Waals surface area contributed by atoms with Crippen molar-refractivity contribution in [1.82, 2.24) is 4.98 Å². The molecule has 1 atom stereocenters. The summed E-state index contributed by atoms with van der Waals surface area (Å²) >= 11 is 7.49. The van der Waals surface area contributed by atoms with Gasteiger partial charge in [-0.3, -0.25) is 9.78 Å². The van der Waals surface area contributed by atoms with E-state index in [4.69, 9.17) is 17.3 Å². The molecular formula is C14H14ClN3OS. The smallest absolute Gasteiger partial charge is 0.237 e. The van der Waals surface area contributed by atoms with Crippen LogP contribution in [0.15, 0.2) is 47.6 Å². The van der Waals surface area contributed by atoms with Crippen molar-refractivity contribution in [2.75, 3.05) is 11.1 Å². The molecule has 1 heterocycles. The Hall–Kier alpha value is -1.72. The van der Waals surface area contributed by atoms with Gasteiger partial charge >= 0.3 is 0 Å². The van der Waals surface area contributed by atoms with Gasteiger partial charge in [0.1, 0.15) is 0 Å². The molecule has 0 aliphatic carbocycles. The number of halogens is 1. The molecule has 4 nitrogen and oxygen atoms in total. The minimum absolute atomic E-state index is 0.113. The number of pyridine rings is 1. The molecule has 1 unspecified atom stereocenters. The fraction of sp³-hybridized carbons (Fsp3) is 0.143. The number of anilines is 2. The van der Waals surface area contributed by atoms with E-state index in [1.54, 1.807) is 30.6 Å². The van der Waals surface area contributed by atoms with Gasteiger partial charge in [0.15, 0.2) is 0 Å². The van der Waals surface area contributed by atoms with Gasteiger partial charge in [0.05, 0.1) is 16.0 Å². The predicted molar refractivity (Wildman–Crippen MR) is 84.1 cm³/mol. The number of nitrogens with zero attached hydrogens (tertiary/aromatic N) is 1. The first-order chi connectivity index (χ1) is 9.56. The maximum Gasteiger partial charge on any atom is 0.237 e. The zero-order valence-electron chi connectivity index (χ0n) is 10.8. The number of amides is 1. The van der Waals surface area contributed by atoms with Crippen molar-refractivity contribution in [2.24, 2.45) is 0 Å². The molecule has 0 spiro atoms. The summed E-state index contributed by atoms with van der Waals surface area (Å²) in [6.07, 6.45) is 3.40. The molecule has 2 aromatic rings. The summed E-state index contributed by atoms with van der Waals surface area (Å²) in [4.78, 5) is 17.1. The first-order valence-corrected chi connectivity index (χ1v) is 7.24. The normalized spacial score (nSPS) is 11.9. The van der Waals surface area contributed by atoms with E-state index in [9.17, 15) is 4.79 Å². The van der Waals surface area contributed by atoms with Crippen molar-refractivity contribution in [3.8, 4) is 0 Å². The first kappa shape index (κ1) is 14.7. The molecule has 20 heavy (non-hydrogen) atoms. The Balaban J connectivity index is 2.01. The van der Waals surface area contributed by atoms with E-state index in [-0.39, 0.29) is 11.2 Å². The number of carbonyl (C=O) groups is 1. The second kappa shape index (κ2) is 6.63. The average molecular weight is 308 g/mol. The van der Waals surface area contributed by atoms with Crippen LogP contribution < -0.4 is 11.1 Å². The minimum Gasteiger partial charge on any atom is -0.399 e. The molecular weight excluding hydrogens is 294 g/mol. The number of nitrogens with one attached hydrogen (secondary N) is 1. The van der Waals surface area contributed by atoms with Crippen LogP contribution in [0.3, 0.4) is 0 Å². The highest BCUT2D eigenvalue weighted by Gasteiger charge is 2.15. The number of rotatable bonds is 4. The van der Waals surface area contributed by atoms with Crippen molar-refractivity contribution in [1.29, 1.82) is 0 Å². The molecule has 104 valence electrons. The van der Waals surface area contributed by atoms with Crippen LogP contribution in [-0.4, -0.2) is 16.1 Å². The first-order valence-electron chi connectivity index (χ1n) is 5.99. The summed E-state index contributed by atoms with van der Waals surface area (Å²) in [5.41, 5.74) is 6.74.